The average Bonchev–Trinajstić information content (AvgIpc) is 3.58. The number of aryl methyl sites for hydroxylation is 1. The van der Waals surface area contributed by atoms with Gasteiger partial charge in [-0.15, -0.1) is 11.3 Å². The first-order valence-electron chi connectivity index (χ1n) is 14.4. The van der Waals surface area contributed by atoms with Gasteiger partial charge in [0.05, 0.1) is 11.2 Å². The normalized spacial score (nSPS) is 16.2. The molecule has 0 amide bonds. The molecule has 0 spiro atoms. The predicted molar refractivity (Wildman–Crippen MR) is 176 cm³/mol. The number of carboxylic acids is 1. The molecule has 1 aliphatic rings. The number of allylic oxidation sites excluding steroid dienone is 3. The van der Waals surface area contributed by atoms with Crippen molar-refractivity contribution in [2.24, 2.45) is 5.41 Å². The first kappa shape index (κ1) is 31.1. The van der Waals surface area contributed by atoms with Gasteiger partial charge in [-0.2, -0.15) is 9.61 Å². The van der Waals surface area contributed by atoms with Crippen molar-refractivity contribution < 1.29 is 14.6 Å². The van der Waals surface area contributed by atoms with E-state index in [0.717, 1.165) is 46.7 Å². The zero-order valence-electron chi connectivity index (χ0n) is 25.3. The summed E-state index contributed by atoms with van der Waals surface area (Å²) in [5, 5.41) is 16.2. The number of rotatable bonds is 9. The Balaban J connectivity index is 1.59. The van der Waals surface area contributed by atoms with Crippen molar-refractivity contribution in [3.8, 4) is 10.7 Å². The molecule has 1 aliphatic heterocycles. The number of aromatic nitrogens is 4. The highest BCUT2D eigenvalue weighted by Crippen LogP contribution is 2.40. The Kier molecular flexibility index (Phi) is 8.92. The molecule has 1 saturated heterocycles. The average molecular weight is 665 g/mol. The van der Waals surface area contributed by atoms with Crippen LogP contribution in [0.1, 0.15) is 68.3 Å². The molecule has 1 aromatic carbocycles. The van der Waals surface area contributed by atoms with E-state index < -0.39 is 17.7 Å². The standard InChI is InChI=1S/C33H38BrN5O3S/c1-7-8-13-33(6)14-16-38(17-15-33)30-27(28(31(40)41)42-32(3,4)5)21(2)36-26-19-25(37-39(26)30)29-35-20-23(43-29)18-22-11-9-10-12-24(22)34/h7-13,19-20,28H,1,14-18H2,2-6H3,(H,40,41). The molecular weight excluding hydrogens is 626 g/mol. The lowest BCUT2D eigenvalue weighted by molar-refractivity contribution is -0.160. The number of hydrogen-bond acceptors (Lipinski definition) is 7. The molecule has 5 rings (SSSR count). The van der Waals surface area contributed by atoms with Crippen LogP contribution in [0.25, 0.3) is 16.3 Å². The van der Waals surface area contributed by atoms with E-state index >= 15 is 0 Å². The number of hydrogen-bond donors (Lipinski definition) is 1. The van der Waals surface area contributed by atoms with Gasteiger partial charge in [-0.05, 0) is 57.6 Å². The van der Waals surface area contributed by atoms with E-state index in [9.17, 15) is 9.90 Å². The molecule has 3 aromatic heterocycles. The summed E-state index contributed by atoms with van der Waals surface area (Å²) < 4.78 is 9.01. The Labute approximate surface area is 265 Å². The SMILES string of the molecule is C=CC=CC1(C)CCN(c2c(C(OC(C)(C)C)C(=O)O)c(C)nc3cc(-c4ncc(Cc5ccccc5Br)s4)nn23)CC1. The van der Waals surface area contributed by atoms with Crippen LogP contribution in [-0.2, 0) is 16.0 Å². The highest BCUT2D eigenvalue weighted by Gasteiger charge is 2.37. The molecule has 8 nitrogen and oxygen atoms in total. The maximum absolute atomic E-state index is 12.7. The minimum atomic E-state index is -1.20. The molecular formula is C33H38BrN5O3S. The molecule has 1 fully saturated rings. The summed E-state index contributed by atoms with van der Waals surface area (Å²) in [7, 11) is 0. The van der Waals surface area contributed by atoms with Crippen LogP contribution in [0.4, 0.5) is 5.82 Å². The lowest BCUT2D eigenvalue weighted by atomic mass is 9.80. The highest BCUT2D eigenvalue weighted by atomic mass is 79.9. The molecule has 1 N–H and O–H groups in total. The third-order valence-electron chi connectivity index (χ3n) is 7.70. The number of anilines is 1. The second-order valence-corrected chi connectivity index (χ2v) is 14.3. The van der Waals surface area contributed by atoms with Crippen LogP contribution in [0.15, 0.2) is 65.8 Å². The van der Waals surface area contributed by atoms with E-state index in [-0.39, 0.29) is 5.41 Å². The summed E-state index contributed by atoms with van der Waals surface area (Å²) in [6, 6.07) is 10.1. The highest BCUT2D eigenvalue weighted by molar-refractivity contribution is 9.10. The summed E-state index contributed by atoms with van der Waals surface area (Å²) in [4.78, 5) is 25.6. The minimum Gasteiger partial charge on any atom is -0.479 e. The van der Waals surface area contributed by atoms with E-state index in [1.54, 1.807) is 21.9 Å². The fourth-order valence-corrected chi connectivity index (χ4v) is 6.77. The van der Waals surface area contributed by atoms with Crippen molar-refractivity contribution in [3.05, 3.63) is 87.5 Å². The Hall–Kier alpha value is -3.34. The van der Waals surface area contributed by atoms with Gasteiger partial charge < -0.3 is 14.7 Å². The van der Waals surface area contributed by atoms with Crippen LogP contribution < -0.4 is 4.90 Å². The van der Waals surface area contributed by atoms with Crippen molar-refractivity contribution in [3.63, 3.8) is 0 Å². The third kappa shape index (κ3) is 6.92. The van der Waals surface area contributed by atoms with E-state index in [4.69, 9.17) is 19.8 Å². The van der Waals surface area contributed by atoms with Gasteiger partial charge in [0.2, 0.25) is 0 Å². The molecule has 1 unspecified atom stereocenters. The quantitative estimate of drug-likeness (QED) is 0.183. The van der Waals surface area contributed by atoms with Crippen LogP contribution in [-0.4, -0.2) is 49.3 Å². The van der Waals surface area contributed by atoms with E-state index in [0.29, 0.717) is 28.4 Å². The second-order valence-electron chi connectivity index (χ2n) is 12.3. The van der Waals surface area contributed by atoms with Crippen LogP contribution in [0, 0.1) is 12.3 Å². The molecule has 4 aromatic rings. The van der Waals surface area contributed by atoms with Gasteiger partial charge in [0.1, 0.15) is 16.5 Å². The van der Waals surface area contributed by atoms with Crippen molar-refractivity contribution in [1.29, 1.82) is 0 Å². The lowest BCUT2D eigenvalue weighted by Crippen LogP contribution is -2.40. The topological polar surface area (TPSA) is 92.8 Å². The number of aliphatic carboxylic acids is 1. The summed E-state index contributed by atoms with van der Waals surface area (Å²) in [5.41, 5.74) is 3.03. The van der Waals surface area contributed by atoms with Gasteiger partial charge in [0.15, 0.2) is 11.8 Å². The van der Waals surface area contributed by atoms with Crippen LogP contribution >= 0.6 is 27.3 Å². The minimum absolute atomic E-state index is 0.0282. The van der Waals surface area contributed by atoms with E-state index in [1.165, 1.54) is 5.56 Å². The molecule has 0 saturated carbocycles. The Morgan fingerprint density at radius 2 is 2.00 bits per heavy atom. The number of nitrogens with zero attached hydrogens (tertiary/aromatic N) is 5. The zero-order valence-corrected chi connectivity index (χ0v) is 27.7. The van der Waals surface area contributed by atoms with E-state index in [1.807, 2.05) is 64.2 Å². The summed E-state index contributed by atoms with van der Waals surface area (Å²) in [6.45, 7) is 15.0. The smallest absolute Gasteiger partial charge is 0.337 e. The van der Waals surface area contributed by atoms with Crippen molar-refractivity contribution >= 4 is 44.7 Å². The molecule has 0 bridgehead atoms. The van der Waals surface area contributed by atoms with Crippen LogP contribution in [0.2, 0.25) is 0 Å². The second kappa shape index (κ2) is 12.3. The summed E-state index contributed by atoms with van der Waals surface area (Å²) >= 11 is 5.24. The molecule has 1 atom stereocenters. The van der Waals surface area contributed by atoms with Gasteiger partial charge >= 0.3 is 5.97 Å². The van der Waals surface area contributed by atoms with Crippen molar-refractivity contribution in [1.82, 2.24) is 19.6 Å². The van der Waals surface area contributed by atoms with Gasteiger partial charge in [0.25, 0.3) is 0 Å². The van der Waals surface area contributed by atoms with Gasteiger partial charge in [0, 0.05) is 46.8 Å². The maximum atomic E-state index is 12.7. The number of carboxylic acid groups (broad SMARTS) is 1. The number of thiazole rings is 1. The number of ether oxygens (including phenoxy) is 1. The van der Waals surface area contributed by atoms with Crippen molar-refractivity contribution in [2.45, 2.75) is 65.6 Å². The summed E-state index contributed by atoms with van der Waals surface area (Å²) in [6.07, 6.45) is 9.28. The molecule has 0 aliphatic carbocycles. The number of halogens is 1. The molecule has 10 heteroatoms. The Morgan fingerprint density at radius 3 is 2.65 bits per heavy atom. The van der Waals surface area contributed by atoms with Crippen LogP contribution in [0.5, 0.6) is 0 Å². The Bertz CT molecular complexity index is 1680. The number of carbonyl (C=O) groups is 1. The third-order valence-corrected chi connectivity index (χ3v) is 9.49. The molecule has 4 heterocycles. The fourth-order valence-electron chi connectivity index (χ4n) is 5.45. The number of fused-ring (bicyclic) bond motifs is 1. The van der Waals surface area contributed by atoms with Crippen molar-refractivity contribution in [2.75, 3.05) is 18.0 Å². The maximum Gasteiger partial charge on any atom is 0.337 e. The molecule has 43 heavy (non-hydrogen) atoms. The molecule has 226 valence electrons. The van der Waals surface area contributed by atoms with Gasteiger partial charge in [-0.3, -0.25) is 0 Å². The largest absolute Gasteiger partial charge is 0.479 e. The van der Waals surface area contributed by atoms with Gasteiger partial charge in [-0.1, -0.05) is 65.9 Å². The zero-order chi connectivity index (χ0) is 30.9. The molecule has 0 radical (unpaired) electrons. The van der Waals surface area contributed by atoms with Gasteiger partial charge in [-0.25, -0.2) is 14.8 Å². The number of piperidine rings is 1. The van der Waals surface area contributed by atoms with Crippen LogP contribution in [0.3, 0.4) is 0 Å². The lowest BCUT2D eigenvalue weighted by Gasteiger charge is -2.40. The fraction of sp³-hybridized carbons (Fsp3) is 0.394. The Morgan fingerprint density at radius 1 is 1.28 bits per heavy atom. The van der Waals surface area contributed by atoms with E-state index in [2.05, 4.69) is 46.5 Å². The predicted octanol–water partition coefficient (Wildman–Crippen LogP) is 7.80. The monoisotopic (exact) mass is 663 g/mol. The first-order valence-corrected chi connectivity index (χ1v) is 16.0. The number of benzene rings is 1. The first-order chi connectivity index (χ1) is 20.4. The summed E-state index contributed by atoms with van der Waals surface area (Å²) in [5.74, 6) is -0.342.